The fourth-order valence-corrected chi connectivity index (χ4v) is 2.36. The van der Waals surface area contributed by atoms with Gasteiger partial charge in [0.05, 0.1) is 7.11 Å². The average molecular weight is 223 g/mol. The molecule has 1 N–H and O–H groups in total. The first-order valence-corrected chi connectivity index (χ1v) is 5.80. The molecule has 0 radical (unpaired) electrons. The molecule has 1 aliphatic rings. The first kappa shape index (κ1) is 11.4. The lowest BCUT2D eigenvalue weighted by Crippen LogP contribution is -2.34. The maximum Gasteiger partial charge on any atom is 0.123 e. The molecule has 1 aromatic carbocycles. The summed E-state index contributed by atoms with van der Waals surface area (Å²) in [4.78, 5) is 0. The highest BCUT2D eigenvalue weighted by molar-refractivity contribution is 5.36. The van der Waals surface area contributed by atoms with Gasteiger partial charge >= 0.3 is 0 Å². The molecule has 1 aromatic rings. The predicted octanol–water partition coefficient (Wildman–Crippen LogP) is 3.04. The van der Waals surface area contributed by atoms with Crippen molar-refractivity contribution in [1.82, 2.24) is 5.32 Å². The van der Waals surface area contributed by atoms with Gasteiger partial charge in [-0.2, -0.15) is 0 Å². The van der Waals surface area contributed by atoms with E-state index in [0.717, 1.165) is 17.7 Å². The van der Waals surface area contributed by atoms with Crippen LogP contribution in [-0.4, -0.2) is 13.2 Å². The summed E-state index contributed by atoms with van der Waals surface area (Å²) < 4.78 is 18.5. The Labute approximate surface area is 95.8 Å². The van der Waals surface area contributed by atoms with Crippen LogP contribution in [0.3, 0.4) is 0 Å². The van der Waals surface area contributed by atoms with Crippen LogP contribution in [0.15, 0.2) is 18.2 Å². The normalized spacial score (nSPS) is 25.4. The molecule has 88 valence electrons. The van der Waals surface area contributed by atoms with Crippen LogP contribution in [0.1, 0.15) is 37.8 Å². The molecular weight excluding hydrogens is 205 g/mol. The molecule has 0 bridgehead atoms. The lowest BCUT2D eigenvalue weighted by atomic mass is 9.93. The number of halogens is 1. The van der Waals surface area contributed by atoms with Gasteiger partial charge in [0.2, 0.25) is 0 Å². The fraction of sp³-hybridized carbons (Fsp3) is 0.538. The van der Waals surface area contributed by atoms with Gasteiger partial charge in [0, 0.05) is 17.6 Å². The molecular formula is C13H18FNO. The van der Waals surface area contributed by atoms with Gasteiger partial charge in [-0.25, -0.2) is 4.39 Å². The Balaban J connectivity index is 2.26. The van der Waals surface area contributed by atoms with E-state index in [4.69, 9.17) is 4.74 Å². The number of methoxy groups -OCH3 is 1. The van der Waals surface area contributed by atoms with Crippen LogP contribution in [0.4, 0.5) is 4.39 Å². The fourth-order valence-electron chi connectivity index (χ4n) is 2.36. The molecule has 0 spiro atoms. The molecule has 2 atom stereocenters. The molecule has 2 nitrogen and oxygen atoms in total. The van der Waals surface area contributed by atoms with Crippen molar-refractivity contribution in [3.8, 4) is 5.75 Å². The summed E-state index contributed by atoms with van der Waals surface area (Å²) in [6.45, 7) is 2.16. The van der Waals surface area contributed by atoms with Crippen molar-refractivity contribution >= 4 is 0 Å². The van der Waals surface area contributed by atoms with Crippen molar-refractivity contribution in [3.63, 3.8) is 0 Å². The number of nitrogens with one attached hydrogen (secondary N) is 1. The minimum absolute atomic E-state index is 0.198. The Hall–Kier alpha value is -1.09. The van der Waals surface area contributed by atoms with Crippen molar-refractivity contribution in [1.29, 1.82) is 0 Å². The van der Waals surface area contributed by atoms with Gasteiger partial charge in [0.1, 0.15) is 11.6 Å². The second-order valence-electron chi connectivity index (χ2n) is 4.44. The maximum absolute atomic E-state index is 13.3. The number of hydrogen-bond donors (Lipinski definition) is 1. The van der Waals surface area contributed by atoms with Crippen molar-refractivity contribution in [2.45, 2.75) is 38.3 Å². The summed E-state index contributed by atoms with van der Waals surface area (Å²) in [7, 11) is 1.63. The van der Waals surface area contributed by atoms with Crippen molar-refractivity contribution in [3.05, 3.63) is 29.6 Å². The van der Waals surface area contributed by atoms with E-state index in [-0.39, 0.29) is 11.9 Å². The van der Waals surface area contributed by atoms with Gasteiger partial charge in [-0.1, -0.05) is 6.42 Å². The molecule has 1 fully saturated rings. The Kier molecular flexibility index (Phi) is 3.44. The van der Waals surface area contributed by atoms with Gasteiger partial charge in [-0.05, 0) is 38.0 Å². The molecule has 2 rings (SSSR count). The van der Waals surface area contributed by atoms with Crippen LogP contribution in [0, 0.1) is 5.82 Å². The van der Waals surface area contributed by atoms with E-state index in [1.165, 1.54) is 18.9 Å². The highest BCUT2D eigenvalue weighted by Crippen LogP contribution is 2.32. The van der Waals surface area contributed by atoms with E-state index in [1.807, 2.05) is 0 Å². The van der Waals surface area contributed by atoms with Crippen LogP contribution in [0.5, 0.6) is 5.75 Å². The summed E-state index contributed by atoms with van der Waals surface area (Å²) in [6.07, 6.45) is 3.41. The summed E-state index contributed by atoms with van der Waals surface area (Å²) in [5.74, 6) is 0.573. The zero-order valence-electron chi connectivity index (χ0n) is 9.79. The second-order valence-corrected chi connectivity index (χ2v) is 4.44. The Bertz CT molecular complexity index is 367. The maximum atomic E-state index is 13.3. The lowest BCUT2D eigenvalue weighted by Gasteiger charge is -2.30. The number of ether oxygens (including phenoxy) is 1. The number of rotatable bonds is 2. The van der Waals surface area contributed by atoms with Crippen LogP contribution in [0.25, 0.3) is 0 Å². The van der Waals surface area contributed by atoms with E-state index in [0.29, 0.717) is 6.04 Å². The molecule has 2 unspecified atom stereocenters. The standard InChI is InChI=1S/C13H18FNO/c1-9-4-3-5-12(15-9)11-8-10(14)6-7-13(11)16-2/h6-9,12,15H,3-5H2,1-2H3. The molecule has 0 amide bonds. The number of hydrogen-bond acceptors (Lipinski definition) is 2. The van der Waals surface area contributed by atoms with Crippen LogP contribution < -0.4 is 10.1 Å². The molecule has 0 saturated carbocycles. The Morgan fingerprint density at radius 2 is 2.19 bits per heavy atom. The smallest absolute Gasteiger partial charge is 0.123 e. The van der Waals surface area contributed by atoms with Gasteiger partial charge in [-0.3, -0.25) is 0 Å². The van der Waals surface area contributed by atoms with Gasteiger partial charge in [0.15, 0.2) is 0 Å². The van der Waals surface area contributed by atoms with Crippen LogP contribution in [0.2, 0.25) is 0 Å². The van der Waals surface area contributed by atoms with Crippen molar-refractivity contribution in [2.75, 3.05) is 7.11 Å². The van der Waals surface area contributed by atoms with Crippen LogP contribution in [-0.2, 0) is 0 Å². The van der Waals surface area contributed by atoms with E-state index in [9.17, 15) is 4.39 Å². The molecule has 0 aromatic heterocycles. The highest BCUT2D eigenvalue weighted by Gasteiger charge is 2.22. The number of benzene rings is 1. The average Bonchev–Trinajstić information content (AvgIpc) is 2.29. The van der Waals surface area contributed by atoms with Gasteiger partial charge < -0.3 is 10.1 Å². The highest BCUT2D eigenvalue weighted by atomic mass is 19.1. The summed E-state index contributed by atoms with van der Waals surface area (Å²) in [6, 6.07) is 5.43. The molecule has 0 aliphatic carbocycles. The van der Waals surface area contributed by atoms with Crippen LogP contribution >= 0.6 is 0 Å². The van der Waals surface area contributed by atoms with E-state index in [1.54, 1.807) is 19.2 Å². The molecule has 3 heteroatoms. The van der Waals surface area contributed by atoms with E-state index < -0.39 is 0 Å². The zero-order valence-corrected chi connectivity index (χ0v) is 9.79. The summed E-state index contributed by atoms with van der Waals surface area (Å²) in [5.41, 5.74) is 0.939. The third kappa shape index (κ3) is 2.35. The van der Waals surface area contributed by atoms with Crippen molar-refractivity contribution < 1.29 is 9.13 Å². The summed E-state index contributed by atoms with van der Waals surface area (Å²) in [5, 5.41) is 3.49. The lowest BCUT2D eigenvalue weighted by molar-refractivity contribution is 0.327. The number of piperidine rings is 1. The second kappa shape index (κ2) is 4.83. The minimum Gasteiger partial charge on any atom is -0.496 e. The molecule has 1 saturated heterocycles. The SMILES string of the molecule is COc1ccc(F)cc1C1CCCC(C)N1. The summed E-state index contributed by atoms with van der Waals surface area (Å²) >= 11 is 0. The third-order valence-electron chi connectivity index (χ3n) is 3.18. The Morgan fingerprint density at radius 3 is 2.88 bits per heavy atom. The topological polar surface area (TPSA) is 21.3 Å². The van der Waals surface area contributed by atoms with Gasteiger partial charge in [-0.15, -0.1) is 0 Å². The molecule has 1 heterocycles. The van der Waals surface area contributed by atoms with E-state index >= 15 is 0 Å². The van der Waals surface area contributed by atoms with Crippen molar-refractivity contribution in [2.24, 2.45) is 0 Å². The first-order chi connectivity index (χ1) is 7.70. The predicted molar refractivity (Wildman–Crippen MR) is 62.1 cm³/mol. The Morgan fingerprint density at radius 1 is 1.38 bits per heavy atom. The largest absolute Gasteiger partial charge is 0.496 e. The third-order valence-corrected chi connectivity index (χ3v) is 3.18. The minimum atomic E-state index is -0.198. The quantitative estimate of drug-likeness (QED) is 0.832. The molecule has 16 heavy (non-hydrogen) atoms. The van der Waals surface area contributed by atoms with Gasteiger partial charge in [0.25, 0.3) is 0 Å². The van der Waals surface area contributed by atoms with E-state index in [2.05, 4.69) is 12.2 Å². The first-order valence-electron chi connectivity index (χ1n) is 5.80. The monoisotopic (exact) mass is 223 g/mol. The zero-order chi connectivity index (χ0) is 11.5. The molecule has 1 aliphatic heterocycles.